The van der Waals surface area contributed by atoms with Crippen LogP contribution in [0.3, 0.4) is 0 Å². The lowest BCUT2D eigenvalue weighted by Crippen LogP contribution is -2.37. The number of carbonyl (C=O) groups is 1. The molecule has 0 fully saturated rings. The van der Waals surface area contributed by atoms with Gasteiger partial charge in [-0.1, -0.05) is 17.4 Å². The molecular weight excluding hydrogens is 202 g/mol. The third-order valence-corrected chi connectivity index (χ3v) is 1.80. The van der Waals surface area contributed by atoms with Gasteiger partial charge in [-0.2, -0.15) is 0 Å². The number of aromatic nitrogens is 1. The van der Waals surface area contributed by atoms with Crippen LogP contribution in [-0.4, -0.2) is 34.0 Å². The summed E-state index contributed by atoms with van der Waals surface area (Å²) < 4.78 is 4.57. The third kappa shape index (κ3) is 2.53. The first-order chi connectivity index (χ1) is 6.65. The Morgan fingerprint density at radius 1 is 1.79 bits per heavy atom. The topological polar surface area (TPSA) is 72.4 Å². The van der Waals surface area contributed by atoms with Crippen LogP contribution >= 0.6 is 12.2 Å². The van der Waals surface area contributed by atoms with E-state index >= 15 is 0 Å². The predicted octanol–water partition coefficient (Wildman–Crippen LogP) is 0.423. The van der Waals surface area contributed by atoms with Crippen molar-refractivity contribution in [2.45, 2.75) is 6.92 Å². The monoisotopic (exact) mass is 213 g/mol. The van der Waals surface area contributed by atoms with E-state index in [4.69, 9.17) is 18.0 Å². The fourth-order valence-corrected chi connectivity index (χ4v) is 1.16. The second-order valence-corrected chi connectivity index (χ2v) is 3.19. The Kier molecular flexibility index (Phi) is 3.58. The van der Waals surface area contributed by atoms with Crippen LogP contribution in [0.25, 0.3) is 0 Å². The van der Waals surface area contributed by atoms with Crippen molar-refractivity contribution >= 4 is 23.1 Å². The zero-order valence-corrected chi connectivity index (χ0v) is 8.58. The Morgan fingerprint density at radius 3 is 2.93 bits per heavy atom. The highest BCUT2D eigenvalue weighted by atomic mass is 32.1. The van der Waals surface area contributed by atoms with Gasteiger partial charge in [-0.05, 0) is 6.92 Å². The van der Waals surface area contributed by atoms with Gasteiger partial charge in [0.1, 0.15) is 6.26 Å². The summed E-state index contributed by atoms with van der Waals surface area (Å²) in [6.45, 7) is 2.64. The number of thiocarbonyl (C=S) groups is 1. The fraction of sp³-hybridized carbons (Fsp3) is 0.375. The van der Waals surface area contributed by atoms with Crippen molar-refractivity contribution in [1.82, 2.24) is 10.1 Å². The fourth-order valence-electron chi connectivity index (χ4n) is 1.00. The highest BCUT2D eigenvalue weighted by Gasteiger charge is 2.16. The van der Waals surface area contributed by atoms with Crippen molar-refractivity contribution in [3.05, 3.63) is 18.0 Å². The molecule has 14 heavy (non-hydrogen) atoms. The van der Waals surface area contributed by atoms with E-state index in [1.54, 1.807) is 0 Å². The van der Waals surface area contributed by atoms with Crippen molar-refractivity contribution in [3.63, 3.8) is 0 Å². The van der Waals surface area contributed by atoms with Gasteiger partial charge in [-0.25, -0.2) is 0 Å². The molecule has 6 heteroatoms. The first-order valence-corrected chi connectivity index (χ1v) is 4.54. The molecule has 1 amide bonds. The quantitative estimate of drug-likeness (QED) is 0.734. The number of hydrogen-bond acceptors (Lipinski definition) is 4. The lowest BCUT2D eigenvalue weighted by Gasteiger charge is -2.18. The summed E-state index contributed by atoms with van der Waals surface area (Å²) in [5, 5.41) is 3.54. The molecule has 0 radical (unpaired) electrons. The molecule has 0 bridgehead atoms. The van der Waals surface area contributed by atoms with Crippen LogP contribution in [0, 0.1) is 0 Å². The van der Waals surface area contributed by atoms with Gasteiger partial charge in [-0.15, -0.1) is 0 Å². The number of rotatable bonds is 4. The SMILES string of the molecule is CCN(CC(N)=S)C(=O)c1ccon1. The van der Waals surface area contributed by atoms with Crippen LogP contribution in [0.2, 0.25) is 0 Å². The molecule has 1 aromatic rings. The zero-order chi connectivity index (χ0) is 10.6. The second kappa shape index (κ2) is 4.71. The van der Waals surface area contributed by atoms with Crippen LogP contribution in [-0.2, 0) is 0 Å². The van der Waals surface area contributed by atoms with Crippen LogP contribution < -0.4 is 5.73 Å². The molecule has 0 spiro atoms. The molecule has 1 heterocycles. The average Bonchev–Trinajstić information content (AvgIpc) is 2.65. The molecule has 0 aromatic carbocycles. The summed E-state index contributed by atoms with van der Waals surface area (Å²) in [5.41, 5.74) is 5.62. The van der Waals surface area contributed by atoms with Crippen LogP contribution in [0.1, 0.15) is 17.4 Å². The largest absolute Gasteiger partial charge is 0.392 e. The molecule has 0 unspecified atom stereocenters. The number of carbonyl (C=O) groups excluding carboxylic acids is 1. The number of amides is 1. The molecule has 0 atom stereocenters. The smallest absolute Gasteiger partial charge is 0.276 e. The molecule has 0 saturated heterocycles. The summed E-state index contributed by atoms with van der Waals surface area (Å²) in [7, 11) is 0. The van der Waals surface area contributed by atoms with Crippen molar-refractivity contribution in [2.75, 3.05) is 13.1 Å². The van der Waals surface area contributed by atoms with Gasteiger partial charge < -0.3 is 15.2 Å². The van der Waals surface area contributed by atoms with Gasteiger partial charge in [0.15, 0.2) is 5.69 Å². The number of nitrogens with zero attached hydrogens (tertiary/aromatic N) is 2. The van der Waals surface area contributed by atoms with E-state index in [2.05, 4.69) is 9.68 Å². The minimum atomic E-state index is -0.228. The van der Waals surface area contributed by atoms with E-state index in [1.807, 2.05) is 6.92 Å². The van der Waals surface area contributed by atoms with E-state index in [-0.39, 0.29) is 23.1 Å². The van der Waals surface area contributed by atoms with Crippen LogP contribution in [0.5, 0.6) is 0 Å². The van der Waals surface area contributed by atoms with Crippen molar-refractivity contribution in [2.24, 2.45) is 5.73 Å². The van der Waals surface area contributed by atoms with Gasteiger partial charge in [0.05, 0.1) is 11.5 Å². The van der Waals surface area contributed by atoms with E-state index in [9.17, 15) is 4.79 Å². The van der Waals surface area contributed by atoms with Gasteiger partial charge >= 0.3 is 0 Å². The molecule has 2 N–H and O–H groups in total. The van der Waals surface area contributed by atoms with Gasteiger partial charge in [-0.3, -0.25) is 4.79 Å². The zero-order valence-electron chi connectivity index (χ0n) is 7.77. The third-order valence-electron chi connectivity index (χ3n) is 1.67. The molecule has 0 aliphatic rings. The summed E-state index contributed by atoms with van der Waals surface area (Å²) in [6, 6.07) is 1.50. The maximum atomic E-state index is 11.7. The average molecular weight is 213 g/mol. The lowest BCUT2D eigenvalue weighted by atomic mass is 10.3. The maximum Gasteiger partial charge on any atom is 0.276 e. The number of nitrogens with two attached hydrogens (primary N) is 1. The minimum Gasteiger partial charge on any atom is -0.392 e. The van der Waals surface area contributed by atoms with E-state index in [1.165, 1.54) is 17.2 Å². The van der Waals surface area contributed by atoms with Gasteiger partial charge in [0, 0.05) is 12.6 Å². The Balaban J connectivity index is 2.70. The first kappa shape index (κ1) is 10.6. The van der Waals surface area contributed by atoms with Crippen molar-refractivity contribution < 1.29 is 9.32 Å². The summed E-state index contributed by atoms with van der Waals surface area (Å²) in [5.74, 6) is -0.228. The molecule has 0 aliphatic heterocycles. The molecule has 0 aliphatic carbocycles. The molecule has 1 aromatic heterocycles. The Morgan fingerprint density at radius 2 is 2.50 bits per heavy atom. The number of hydrogen-bond donors (Lipinski definition) is 1. The normalized spacial score (nSPS) is 9.79. The summed E-state index contributed by atoms with van der Waals surface area (Å²) >= 11 is 4.73. The highest BCUT2D eigenvalue weighted by molar-refractivity contribution is 7.80. The molecule has 0 saturated carbocycles. The Hall–Kier alpha value is -1.43. The van der Waals surface area contributed by atoms with Crippen molar-refractivity contribution in [3.8, 4) is 0 Å². The van der Waals surface area contributed by atoms with Crippen molar-refractivity contribution in [1.29, 1.82) is 0 Å². The standard InChI is InChI=1S/C8H11N3O2S/c1-2-11(5-7(9)14)8(12)6-3-4-13-10-6/h3-4H,2,5H2,1H3,(H2,9,14). The molecule has 5 nitrogen and oxygen atoms in total. The van der Waals surface area contributed by atoms with E-state index in [0.717, 1.165) is 0 Å². The Bertz CT molecular complexity index is 323. The minimum absolute atomic E-state index is 0.228. The van der Waals surface area contributed by atoms with Crippen LogP contribution in [0.15, 0.2) is 16.9 Å². The van der Waals surface area contributed by atoms with Gasteiger partial charge in [0.2, 0.25) is 0 Å². The lowest BCUT2D eigenvalue weighted by molar-refractivity contribution is 0.0777. The Labute approximate surface area is 86.8 Å². The molecule has 1 rings (SSSR count). The highest BCUT2D eigenvalue weighted by Crippen LogP contribution is 2.01. The first-order valence-electron chi connectivity index (χ1n) is 4.13. The van der Waals surface area contributed by atoms with Gasteiger partial charge in [0.25, 0.3) is 5.91 Å². The summed E-state index contributed by atoms with van der Waals surface area (Å²) in [6.07, 6.45) is 1.35. The molecule has 76 valence electrons. The summed E-state index contributed by atoms with van der Waals surface area (Å²) in [4.78, 5) is 13.4. The molecular formula is C8H11N3O2S. The van der Waals surface area contributed by atoms with E-state index in [0.29, 0.717) is 6.54 Å². The predicted molar refractivity (Wildman–Crippen MR) is 54.9 cm³/mol. The van der Waals surface area contributed by atoms with E-state index < -0.39 is 0 Å². The second-order valence-electron chi connectivity index (χ2n) is 2.67. The van der Waals surface area contributed by atoms with Crippen LogP contribution in [0.4, 0.5) is 0 Å². The number of likely N-dealkylation sites (N-methyl/N-ethyl adjacent to an activating group) is 1. The maximum absolute atomic E-state index is 11.7.